The predicted molar refractivity (Wildman–Crippen MR) is 128 cm³/mol. The Morgan fingerprint density at radius 3 is 2.79 bits per heavy atom. The number of piperidine rings is 2. The van der Waals surface area contributed by atoms with Crippen LogP contribution in [0.5, 0.6) is 0 Å². The maximum atomic E-state index is 4.95. The van der Waals surface area contributed by atoms with Crippen molar-refractivity contribution in [3.05, 3.63) is 12.4 Å². The Morgan fingerprint density at radius 1 is 1.21 bits per heavy atom. The molecule has 2 saturated heterocycles. The second kappa shape index (κ2) is 11.8. The fourth-order valence-electron chi connectivity index (χ4n) is 4.29. The maximum Gasteiger partial charge on any atom is 0.191 e. The number of likely N-dealkylation sites (tertiary alicyclic amines) is 1. The Bertz CT molecular complexity index is 603. The lowest BCUT2D eigenvalue weighted by atomic mass is 10.0. The van der Waals surface area contributed by atoms with E-state index in [0.717, 1.165) is 38.7 Å². The molecule has 1 aromatic rings. The van der Waals surface area contributed by atoms with E-state index in [-0.39, 0.29) is 24.0 Å². The molecule has 2 aliphatic heterocycles. The van der Waals surface area contributed by atoms with Gasteiger partial charge in [-0.1, -0.05) is 13.3 Å². The van der Waals surface area contributed by atoms with Crippen LogP contribution in [0.3, 0.4) is 0 Å². The van der Waals surface area contributed by atoms with Crippen molar-refractivity contribution < 1.29 is 0 Å². The van der Waals surface area contributed by atoms with E-state index in [9.17, 15) is 0 Å². The molecule has 0 amide bonds. The second-order valence-electron chi connectivity index (χ2n) is 7.80. The Morgan fingerprint density at radius 2 is 2.07 bits per heavy atom. The van der Waals surface area contributed by atoms with Gasteiger partial charge in [0, 0.05) is 45.0 Å². The number of halogens is 1. The highest BCUT2D eigenvalue weighted by molar-refractivity contribution is 14.0. The molecule has 2 unspecified atom stereocenters. The number of aliphatic imine (C=N–C) groups is 1. The third kappa shape index (κ3) is 6.50. The van der Waals surface area contributed by atoms with Crippen molar-refractivity contribution in [2.75, 3.05) is 44.2 Å². The van der Waals surface area contributed by atoms with Crippen LogP contribution in [0.2, 0.25) is 0 Å². The second-order valence-corrected chi connectivity index (χ2v) is 7.80. The van der Waals surface area contributed by atoms with Crippen LogP contribution < -0.4 is 15.5 Å². The quantitative estimate of drug-likeness (QED) is 0.355. The molecule has 3 rings (SSSR count). The van der Waals surface area contributed by atoms with Crippen molar-refractivity contribution >= 4 is 35.6 Å². The zero-order chi connectivity index (χ0) is 19.1. The third-order valence-corrected chi connectivity index (χ3v) is 5.78. The van der Waals surface area contributed by atoms with Crippen molar-refractivity contribution in [2.24, 2.45) is 12.0 Å². The number of hydrogen-bond donors (Lipinski definition) is 2. The Kier molecular flexibility index (Phi) is 9.84. The van der Waals surface area contributed by atoms with Gasteiger partial charge in [-0.2, -0.15) is 5.10 Å². The fraction of sp³-hybridized carbons (Fsp3) is 0.800. The van der Waals surface area contributed by atoms with E-state index in [2.05, 4.69) is 45.6 Å². The molecular weight excluding hydrogens is 465 g/mol. The van der Waals surface area contributed by atoms with Gasteiger partial charge in [-0.05, 0) is 45.7 Å². The van der Waals surface area contributed by atoms with Crippen LogP contribution in [0, 0.1) is 0 Å². The van der Waals surface area contributed by atoms with Crippen LogP contribution in [0.25, 0.3) is 0 Å². The largest absolute Gasteiger partial charge is 0.367 e. The lowest BCUT2D eigenvalue weighted by molar-refractivity contribution is 0.161. The van der Waals surface area contributed by atoms with E-state index < -0.39 is 0 Å². The highest BCUT2D eigenvalue weighted by Gasteiger charge is 2.23. The molecule has 0 radical (unpaired) electrons. The summed E-state index contributed by atoms with van der Waals surface area (Å²) >= 11 is 0. The summed E-state index contributed by atoms with van der Waals surface area (Å²) in [6, 6.07) is 1.02. The summed E-state index contributed by atoms with van der Waals surface area (Å²) in [6.45, 7) is 10.6. The molecule has 0 aromatic carbocycles. The molecule has 2 fully saturated rings. The molecule has 0 aliphatic carbocycles. The molecule has 7 nitrogen and oxygen atoms in total. The first-order valence-corrected chi connectivity index (χ1v) is 10.7. The van der Waals surface area contributed by atoms with Gasteiger partial charge in [0.05, 0.1) is 18.4 Å². The van der Waals surface area contributed by atoms with Crippen LogP contribution in [-0.2, 0) is 7.05 Å². The van der Waals surface area contributed by atoms with E-state index in [0.29, 0.717) is 12.1 Å². The highest BCUT2D eigenvalue weighted by Crippen LogP contribution is 2.19. The number of likely N-dealkylation sites (N-methyl/N-ethyl adjacent to an activating group) is 1. The SMILES string of the molecule is CCNC(=NCC1CCCCN1CC)NC1CCCN(c2cnn(C)c2)C1.I. The summed E-state index contributed by atoms with van der Waals surface area (Å²) in [5.41, 5.74) is 1.21. The van der Waals surface area contributed by atoms with Crippen LogP contribution in [0.15, 0.2) is 17.4 Å². The number of anilines is 1. The molecule has 3 heterocycles. The average molecular weight is 503 g/mol. The number of nitrogens with zero attached hydrogens (tertiary/aromatic N) is 5. The van der Waals surface area contributed by atoms with Gasteiger partial charge in [-0.25, -0.2) is 0 Å². The zero-order valence-corrected chi connectivity index (χ0v) is 20.1. The summed E-state index contributed by atoms with van der Waals surface area (Å²) in [4.78, 5) is 9.96. The summed E-state index contributed by atoms with van der Waals surface area (Å²) in [5, 5.41) is 11.5. The Balaban J connectivity index is 0.00000280. The number of rotatable bonds is 6. The van der Waals surface area contributed by atoms with Gasteiger partial charge in [-0.3, -0.25) is 14.6 Å². The topological polar surface area (TPSA) is 60.7 Å². The van der Waals surface area contributed by atoms with E-state index >= 15 is 0 Å². The van der Waals surface area contributed by atoms with Gasteiger partial charge in [0.1, 0.15) is 0 Å². The van der Waals surface area contributed by atoms with Gasteiger partial charge in [0.25, 0.3) is 0 Å². The summed E-state index contributed by atoms with van der Waals surface area (Å²) < 4.78 is 1.88. The normalized spacial score (nSPS) is 24.0. The molecule has 2 N–H and O–H groups in total. The third-order valence-electron chi connectivity index (χ3n) is 5.78. The van der Waals surface area contributed by atoms with Gasteiger partial charge in [-0.15, -0.1) is 24.0 Å². The minimum atomic E-state index is 0. The smallest absolute Gasteiger partial charge is 0.191 e. The number of aryl methyl sites for hydroxylation is 1. The van der Waals surface area contributed by atoms with E-state index in [1.807, 2.05) is 17.9 Å². The number of hydrogen-bond acceptors (Lipinski definition) is 4. The molecule has 1 aromatic heterocycles. The molecular formula is C20H38IN7. The number of aromatic nitrogens is 2. The summed E-state index contributed by atoms with van der Waals surface area (Å²) in [7, 11) is 1.98. The van der Waals surface area contributed by atoms with E-state index in [1.165, 1.54) is 44.3 Å². The first kappa shape index (κ1) is 23.3. The first-order valence-electron chi connectivity index (χ1n) is 10.7. The van der Waals surface area contributed by atoms with Crippen molar-refractivity contribution in [1.82, 2.24) is 25.3 Å². The summed E-state index contributed by atoms with van der Waals surface area (Å²) in [5.74, 6) is 0.970. The molecule has 0 saturated carbocycles. The zero-order valence-electron chi connectivity index (χ0n) is 17.7. The van der Waals surface area contributed by atoms with Crippen molar-refractivity contribution in [3.8, 4) is 0 Å². The van der Waals surface area contributed by atoms with Crippen molar-refractivity contribution in [3.63, 3.8) is 0 Å². The van der Waals surface area contributed by atoms with Gasteiger partial charge in [0.2, 0.25) is 0 Å². The van der Waals surface area contributed by atoms with Crippen LogP contribution in [-0.4, -0.2) is 72.0 Å². The first-order chi connectivity index (χ1) is 13.2. The van der Waals surface area contributed by atoms with Crippen LogP contribution in [0.1, 0.15) is 46.0 Å². The summed E-state index contributed by atoms with van der Waals surface area (Å²) in [6.07, 6.45) is 10.4. The maximum absolute atomic E-state index is 4.95. The van der Waals surface area contributed by atoms with Crippen molar-refractivity contribution in [2.45, 2.75) is 58.0 Å². The standard InChI is InChI=1S/C20H37N7.HI/c1-4-21-20(22-13-18-10-6-7-11-26(18)5-2)24-17-9-8-12-27(15-17)19-14-23-25(3)16-19;/h14,16-18H,4-13,15H2,1-3H3,(H2,21,22,24);1H. The van der Waals surface area contributed by atoms with Gasteiger partial charge in [0.15, 0.2) is 5.96 Å². The Labute approximate surface area is 187 Å². The van der Waals surface area contributed by atoms with E-state index in [1.54, 1.807) is 0 Å². The molecule has 28 heavy (non-hydrogen) atoms. The predicted octanol–water partition coefficient (Wildman–Crippen LogP) is 2.44. The average Bonchev–Trinajstić information content (AvgIpc) is 3.13. The van der Waals surface area contributed by atoms with Gasteiger partial charge >= 0.3 is 0 Å². The monoisotopic (exact) mass is 503 g/mol. The Hall–Kier alpha value is -1.03. The highest BCUT2D eigenvalue weighted by atomic mass is 127. The molecule has 2 atom stereocenters. The molecule has 0 spiro atoms. The number of nitrogens with one attached hydrogen (secondary N) is 2. The molecule has 0 bridgehead atoms. The molecule has 2 aliphatic rings. The minimum absolute atomic E-state index is 0. The van der Waals surface area contributed by atoms with Crippen LogP contribution in [0.4, 0.5) is 5.69 Å². The number of guanidine groups is 1. The molecule has 160 valence electrons. The van der Waals surface area contributed by atoms with Crippen molar-refractivity contribution in [1.29, 1.82) is 0 Å². The van der Waals surface area contributed by atoms with Gasteiger partial charge < -0.3 is 15.5 Å². The lowest BCUT2D eigenvalue weighted by Crippen LogP contribution is -2.51. The van der Waals surface area contributed by atoms with E-state index in [4.69, 9.17) is 4.99 Å². The fourth-order valence-corrected chi connectivity index (χ4v) is 4.29. The van der Waals surface area contributed by atoms with Crippen LogP contribution >= 0.6 is 24.0 Å². The lowest BCUT2D eigenvalue weighted by Gasteiger charge is -2.35. The minimum Gasteiger partial charge on any atom is -0.367 e. The molecule has 8 heteroatoms.